The van der Waals surface area contributed by atoms with Crippen LogP contribution in [-0.2, 0) is 19.9 Å². The van der Waals surface area contributed by atoms with Crippen molar-refractivity contribution in [2.75, 3.05) is 11.9 Å². The third-order valence-electron chi connectivity index (χ3n) is 6.94. The molecule has 2 aromatic carbocycles. The summed E-state index contributed by atoms with van der Waals surface area (Å²) in [5, 5.41) is 17.9. The molecule has 3 aliphatic rings. The van der Waals surface area contributed by atoms with Crippen LogP contribution in [0.25, 0.3) is 0 Å². The van der Waals surface area contributed by atoms with Crippen LogP contribution in [0.3, 0.4) is 0 Å². The fourth-order valence-corrected chi connectivity index (χ4v) is 5.55. The second kappa shape index (κ2) is 7.69. The standard InChI is InChI=1S/C24H24ClN3O4/c1-2-3-12-28-21(30)17-18(22(28)31)24(15-6-4-5-7-16(15)26-23(24)32)27-19(17)20(29)13-8-10-14(25)11-9-13/h4-11,17-20,27,29H,2-3,12H2,1H3,(H,26,32)/t17-,18-,19-,20-,24-/m0/s1. The van der Waals surface area contributed by atoms with Crippen molar-refractivity contribution < 1.29 is 19.5 Å². The number of aliphatic hydroxyl groups excluding tert-OH is 1. The van der Waals surface area contributed by atoms with Crippen LogP contribution in [-0.4, -0.2) is 40.3 Å². The van der Waals surface area contributed by atoms with Gasteiger partial charge < -0.3 is 10.4 Å². The third-order valence-corrected chi connectivity index (χ3v) is 7.19. The van der Waals surface area contributed by atoms with Crippen LogP contribution < -0.4 is 10.6 Å². The largest absolute Gasteiger partial charge is 0.387 e. The lowest BCUT2D eigenvalue weighted by Gasteiger charge is -2.30. The molecular weight excluding hydrogens is 430 g/mol. The Balaban J connectivity index is 1.63. The lowest BCUT2D eigenvalue weighted by Crippen LogP contribution is -2.54. The topological polar surface area (TPSA) is 98.7 Å². The maximum atomic E-state index is 13.6. The smallest absolute Gasteiger partial charge is 0.250 e. The van der Waals surface area contributed by atoms with Gasteiger partial charge in [0.05, 0.1) is 24.0 Å². The predicted molar refractivity (Wildman–Crippen MR) is 119 cm³/mol. The summed E-state index contributed by atoms with van der Waals surface area (Å²) in [4.78, 5) is 41.7. The Morgan fingerprint density at radius 1 is 1.09 bits per heavy atom. The van der Waals surface area contributed by atoms with Crippen molar-refractivity contribution in [1.29, 1.82) is 0 Å². The number of rotatable bonds is 5. The highest BCUT2D eigenvalue weighted by Gasteiger charge is 2.71. The molecule has 32 heavy (non-hydrogen) atoms. The summed E-state index contributed by atoms with van der Waals surface area (Å²) in [6, 6.07) is 13.1. The molecule has 3 N–H and O–H groups in total. The maximum absolute atomic E-state index is 13.6. The predicted octanol–water partition coefficient (Wildman–Crippen LogP) is 2.59. The molecule has 166 valence electrons. The van der Waals surface area contributed by atoms with Gasteiger partial charge in [0.25, 0.3) is 0 Å². The van der Waals surface area contributed by atoms with E-state index in [1.54, 1.807) is 48.5 Å². The summed E-state index contributed by atoms with van der Waals surface area (Å²) < 4.78 is 0. The van der Waals surface area contributed by atoms with E-state index in [0.717, 1.165) is 6.42 Å². The van der Waals surface area contributed by atoms with E-state index in [2.05, 4.69) is 10.6 Å². The van der Waals surface area contributed by atoms with Gasteiger partial charge in [-0.05, 0) is 30.2 Å². The van der Waals surface area contributed by atoms with Gasteiger partial charge in [-0.3, -0.25) is 24.6 Å². The normalized spacial score (nSPS) is 29.4. The molecule has 2 saturated heterocycles. The summed E-state index contributed by atoms with van der Waals surface area (Å²) in [5.41, 5.74) is 0.385. The molecule has 0 aliphatic carbocycles. The van der Waals surface area contributed by atoms with Gasteiger partial charge in [0.15, 0.2) is 0 Å². The van der Waals surface area contributed by atoms with Crippen LogP contribution in [0.4, 0.5) is 5.69 Å². The molecule has 0 unspecified atom stereocenters. The first kappa shape index (κ1) is 21.1. The molecule has 1 spiro atoms. The molecule has 0 saturated carbocycles. The molecule has 5 atom stereocenters. The van der Waals surface area contributed by atoms with Crippen molar-refractivity contribution in [1.82, 2.24) is 10.2 Å². The number of imide groups is 1. The number of anilines is 1. The zero-order valence-corrected chi connectivity index (χ0v) is 18.3. The van der Waals surface area contributed by atoms with Gasteiger partial charge >= 0.3 is 0 Å². The number of fused-ring (bicyclic) bond motifs is 4. The summed E-state index contributed by atoms with van der Waals surface area (Å²) >= 11 is 5.99. The zero-order valence-electron chi connectivity index (χ0n) is 17.5. The van der Waals surface area contributed by atoms with Crippen molar-refractivity contribution in [3.05, 3.63) is 64.7 Å². The Bertz CT molecular complexity index is 1100. The summed E-state index contributed by atoms with van der Waals surface area (Å²) in [7, 11) is 0. The number of aliphatic hydroxyl groups is 1. The number of para-hydroxylation sites is 1. The SMILES string of the molecule is CCCCN1C(=O)[C@@H]2[C@@H]([C@@H](O)c3ccc(Cl)cc3)N[C@]3(C(=O)Nc4ccccc43)[C@@H]2C1=O. The van der Waals surface area contributed by atoms with Crippen molar-refractivity contribution in [2.24, 2.45) is 11.8 Å². The van der Waals surface area contributed by atoms with Crippen molar-refractivity contribution in [3.8, 4) is 0 Å². The molecule has 3 heterocycles. The highest BCUT2D eigenvalue weighted by atomic mass is 35.5. The molecule has 2 fully saturated rings. The van der Waals surface area contributed by atoms with Gasteiger partial charge in [-0.25, -0.2) is 0 Å². The molecule has 2 aromatic rings. The average molecular weight is 454 g/mol. The Kier molecular flexibility index (Phi) is 5.08. The summed E-state index contributed by atoms with van der Waals surface area (Å²) in [6.45, 7) is 2.30. The van der Waals surface area contributed by atoms with Gasteiger partial charge in [-0.1, -0.05) is 55.3 Å². The van der Waals surface area contributed by atoms with Crippen molar-refractivity contribution in [3.63, 3.8) is 0 Å². The molecule has 5 rings (SSSR count). The first-order valence-corrected chi connectivity index (χ1v) is 11.3. The third kappa shape index (κ3) is 2.85. The van der Waals surface area contributed by atoms with Crippen LogP contribution in [0, 0.1) is 11.8 Å². The molecule has 0 bridgehead atoms. The minimum absolute atomic E-state index is 0.310. The lowest BCUT2D eigenvalue weighted by molar-refractivity contribution is -0.143. The Hall–Kier alpha value is -2.74. The molecule has 0 aromatic heterocycles. The van der Waals surface area contributed by atoms with Crippen molar-refractivity contribution >= 4 is 35.0 Å². The summed E-state index contributed by atoms with van der Waals surface area (Å²) in [5.74, 6) is -2.87. The molecule has 3 amide bonds. The number of likely N-dealkylation sites (tertiary alicyclic amines) is 1. The van der Waals surface area contributed by atoms with E-state index < -0.39 is 29.5 Å². The number of unbranched alkanes of at least 4 members (excludes halogenated alkanes) is 1. The Morgan fingerprint density at radius 3 is 2.53 bits per heavy atom. The van der Waals surface area contributed by atoms with Crippen LogP contribution in [0.15, 0.2) is 48.5 Å². The molecule has 0 radical (unpaired) electrons. The van der Waals surface area contributed by atoms with Crippen LogP contribution in [0.1, 0.15) is 37.0 Å². The number of benzene rings is 2. The van der Waals surface area contributed by atoms with Gasteiger partial charge in [0.1, 0.15) is 5.54 Å². The highest BCUT2D eigenvalue weighted by Crippen LogP contribution is 2.54. The van der Waals surface area contributed by atoms with E-state index in [0.29, 0.717) is 34.8 Å². The van der Waals surface area contributed by atoms with Crippen molar-refractivity contribution in [2.45, 2.75) is 37.5 Å². The fraction of sp³-hybridized carbons (Fsp3) is 0.375. The second-order valence-electron chi connectivity index (χ2n) is 8.66. The number of carbonyl (C=O) groups is 3. The zero-order chi connectivity index (χ0) is 22.6. The van der Waals surface area contributed by atoms with E-state index in [1.807, 2.05) is 6.92 Å². The first-order valence-electron chi connectivity index (χ1n) is 10.9. The average Bonchev–Trinajstić information content (AvgIpc) is 3.38. The number of halogens is 1. The van der Waals surface area contributed by atoms with Gasteiger partial charge in [0.2, 0.25) is 17.7 Å². The van der Waals surface area contributed by atoms with E-state index in [9.17, 15) is 19.5 Å². The number of carbonyl (C=O) groups excluding carboxylic acids is 3. The Morgan fingerprint density at radius 2 is 1.81 bits per heavy atom. The van der Waals surface area contributed by atoms with Crippen LogP contribution in [0.5, 0.6) is 0 Å². The minimum Gasteiger partial charge on any atom is -0.387 e. The number of amides is 3. The maximum Gasteiger partial charge on any atom is 0.250 e. The molecule has 8 heteroatoms. The van der Waals surface area contributed by atoms with E-state index >= 15 is 0 Å². The molecular formula is C24H24ClN3O4. The van der Waals surface area contributed by atoms with Gasteiger partial charge in [-0.15, -0.1) is 0 Å². The van der Waals surface area contributed by atoms with Crippen LogP contribution >= 0.6 is 11.6 Å². The summed E-state index contributed by atoms with van der Waals surface area (Å²) in [6.07, 6.45) is 0.406. The number of hydrogen-bond acceptors (Lipinski definition) is 5. The monoisotopic (exact) mass is 453 g/mol. The number of hydrogen-bond donors (Lipinski definition) is 3. The minimum atomic E-state index is -1.41. The molecule has 3 aliphatic heterocycles. The number of nitrogens with one attached hydrogen (secondary N) is 2. The number of nitrogens with zero attached hydrogens (tertiary/aromatic N) is 1. The molecule has 7 nitrogen and oxygen atoms in total. The highest BCUT2D eigenvalue weighted by molar-refractivity contribution is 6.30. The second-order valence-corrected chi connectivity index (χ2v) is 9.10. The fourth-order valence-electron chi connectivity index (χ4n) is 5.42. The Labute approximate surface area is 190 Å². The quantitative estimate of drug-likeness (QED) is 0.604. The lowest BCUT2D eigenvalue weighted by atomic mass is 9.76. The van der Waals surface area contributed by atoms with E-state index in [1.165, 1.54) is 4.90 Å². The van der Waals surface area contributed by atoms with Crippen LogP contribution in [0.2, 0.25) is 5.02 Å². The first-order chi connectivity index (χ1) is 15.4. The van der Waals surface area contributed by atoms with E-state index in [-0.39, 0.29) is 17.7 Å². The van der Waals surface area contributed by atoms with Gasteiger partial charge in [0, 0.05) is 22.8 Å². The van der Waals surface area contributed by atoms with Gasteiger partial charge in [-0.2, -0.15) is 0 Å². The van der Waals surface area contributed by atoms with E-state index in [4.69, 9.17) is 11.6 Å².